The van der Waals surface area contributed by atoms with Crippen LogP contribution in [0, 0.1) is 11.6 Å². The topological polar surface area (TPSA) is 15.3 Å². The molecule has 1 aromatic rings. The molecule has 0 bridgehead atoms. The van der Waals surface area contributed by atoms with E-state index in [4.69, 9.17) is 0 Å². The molecule has 2 aliphatic rings. The minimum absolute atomic E-state index is 0.143. The van der Waals surface area contributed by atoms with Crippen LogP contribution in [0.15, 0.2) is 18.2 Å². The number of halogens is 2. The van der Waals surface area contributed by atoms with Crippen LogP contribution in [0.5, 0.6) is 0 Å². The van der Waals surface area contributed by atoms with Crippen LogP contribution in [0.3, 0.4) is 0 Å². The third-order valence-electron chi connectivity index (χ3n) is 5.25. The van der Waals surface area contributed by atoms with E-state index in [0.717, 1.165) is 32.4 Å². The molecule has 3 rings (SSSR count). The van der Waals surface area contributed by atoms with Crippen molar-refractivity contribution in [2.75, 3.05) is 13.1 Å². The quantitative estimate of drug-likeness (QED) is 0.918. The van der Waals surface area contributed by atoms with Gasteiger partial charge in [-0.1, -0.05) is 31.9 Å². The van der Waals surface area contributed by atoms with Crippen molar-refractivity contribution >= 4 is 0 Å². The summed E-state index contributed by atoms with van der Waals surface area (Å²) in [4.78, 5) is 2.41. The Morgan fingerprint density at radius 1 is 1.29 bits per heavy atom. The van der Waals surface area contributed by atoms with E-state index in [9.17, 15) is 8.78 Å². The lowest BCUT2D eigenvalue weighted by Crippen LogP contribution is -2.63. The van der Waals surface area contributed by atoms with Gasteiger partial charge in [0.25, 0.3) is 0 Å². The van der Waals surface area contributed by atoms with Gasteiger partial charge < -0.3 is 5.32 Å². The summed E-state index contributed by atoms with van der Waals surface area (Å²) in [6.45, 7) is 4.59. The monoisotopic (exact) mass is 294 g/mol. The van der Waals surface area contributed by atoms with Crippen LogP contribution in [-0.2, 0) is 6.54 Å². The van der Waals surface area contributed by atoms with E-state index in [2.05, 4.69) is 17.1 Å². The summed E-state index contributed by atoms with van der Waals surface area (Å²) in [6.07, 6.45) is 5.86. The van der Waals surface area contributed by atoms with Gasteiger partial charge in [0.15, 0.2) is 11.6 Å². The molecule has 0 radical (unpaired) electrons. The van der Waals surface area contributed by atoms with E-state index in [1.165, 1.54) is 18.9 Å². The third kappa shape index (κ3) is 2.84. The zero-order valence-electron chi connectivity index (χ0n) is 12.7. The second-order valence-corrected chi connectivity index (χ2v) is 6.51. The fraction of sp³-hybridized carbons (Fsp3) is 0.647. The van der Waals surface area contributed by atoms with Gasteiger partial charge in [-0.2, -0.15) is 0 Å². The molecule has 2 nitrogen and oxygen atoms in total. The third-order valence-corrected chi connectivity index (χ3v) is 5.25. The largest absolute Gasteiger partial charge is 0.311 e. The molecule has 1 aromatic carbocycles. The van der Waals surface area contributed by atoms with Gasteiger partial charge in [-0.05, 0) is 25.3 Å². The molecule has 0 aromatic heterocycles. The number of hydrogen-bond acceptors (Lipinski definition) is 2. The molecule has 1 aliphatic carbocycles. The lowest BCUT2D eigenvalue weighted by molar-refractivity contribution is 0.0339. The predicted octanol–water partition coefficient (Wildman–Crippen LogP) is 3.46. The van der Waals surface area contributed by atoms with Gasteiger partial charge in [0.1, 0.15) is 0 Å². The lowest BCUT2D eigenvalue weighted by Gasteiger charge is -2.48. The Bertz CT molecular complexity index is 498. The van der Waals surface area contributed by atoms with Crippen molar-refractivity contribution < 1.29 is 8.78 Å². The highest BCUT2D eigenvalue weighted by Crippen LogP contribution is 2.38. The molecule has 1 spiro atoms. The highest BCUT2D eigenvalue weighted by Gasteiger charge is 2.43. The van der Waals surface area contributed by atoms with Gasteiger partial charge in [-0.25, -0.2) is 8.78 Å². The second kappa shape index (κ2) is 6.01. The van der Waals surface area contributed by atoms with E-state index >= 15 is 0 Å². The standard InChI is InChI=1S/C17H24F2N2/c1-2-14-11-21(17(12-20-14)8-3-4-9-17)10-13-6-5-7-15(18)16(13)19/h5-7,14,20H,2-4,8-12H2,1H3. The Balaban J connectivity index is 1.83. The van der Waals surface area contributed by atoms with Crippen LogP contribution in [0.1, 0.15) is 44.6 Å². The molecule has 1 heterocycles. The van der Waals surface area contributed by atoms with Gasteiger partial charge in [-0.15, -0.1) is 0 Å². The minimum Gasteiger partial charge on any atom is -0.311 e. The number of benzene rings is 1. The summed E-state index contributed by atoms with van der Waals surface area (Å²) in [5.41, 5.74) is 0.628. The zero-order chi connectivity index (χ0) is 14.9. The van der Waals surface area contributed by atoms with Crippen molar-refractivity contribution in [1.29, 1.82) is 0 Å². The summed E-state index contributed by atoms with van der Waals surface area (Å²) in [6, 6.07) is 4.96. The average Bonchev–Trinajstić information content (AvgIpc) is 2.96. The van der Waals surface area contributed by atoms with Crippen LogP contribution < -0.4 is 5.32 Å². The molecule has 1 unspecified atom stereocenters. The summed E-state index contributed by atoms with van der Waals surface area (Å²) in [7, 11) is 0. The first-order valence-corrected chi connectivity index (χ1v) is 8.06. The molecule has 1 atom stereocenters. The molecule has 1 aliphatic heterocycles. The van der Waals surface area contributed by atoms with Crippen molar-refractivity contribution in [3.05, 3.63) is 35.4 Å². The number of piperazine rings is 1. The maximum Gasteiger partial charge on any atom is 0.163 e. The van der Waals surface area contributed by atoms with E-state index in [0.29, 0.717) is 18.2 Å². The van der Waals surface area contributed by atoms with Gasteiger partial charge in [0.2, 0.25) is 0 Å². The van der Waals surface area contributed by atoms with Crippen LogP contribution >= 0.6 is 0 Å². The highest BCUT2D eigenvalue weighted by molar-refractivity contribution is 5.20. The average molecular weight is 294 g/mol. The van der Waals surface area contributed by atoms with Crippen molar-refractivity contribution in [1.82, 2.24) is 10.2 Å². The van der Waals surface area contributed by atoms with Crippen LogP contribution in [-0.4, -0.2) is 29.6 Å². The van der Waals surface area contributed by atoms with E-state index < -0.39 is 11.6 Å². The normalized spacial score (nSPS) is 25.6. The Labute approximate surface area is 125 Å². The molecular weight excluding hydrogens is 270 g/mol. The highest BCUT2D eigenvalue weighted by atomic mass is 19.2. The van der Waals surface area contributed by atoms with Crippen LogP contribution in [0.4, 0.5) is 8.78 Å². The van der Waals surface area contributed by atoms with Gasteiger partial charge in [0.05, 0.1) is 0 Å². The Hall–Kier alpha value is -1.00. The number of hydrogen-bond donors (Lipinski definition) is 1. The van der Waals surface area contributed by atoms with Gasteiger partial charge in [-0.3, -0.25) is 4.90 Å². The van der Waals surface area contributed by atoms with Crippen molar-refractivity contribution in [2.45, 2.75) is 57.2 Å². The van der Waals surface area contributed by atoms with E-state index in [1.807, 2.05) is 0 Å². The Kier molecular flexibility index (Phi) is 4.27. The fourth-order valence-electron chi connectivity index (χ4n) is 3.88. The Morgan fingerprint density at radius 2 is 2.05 bits per heavy atom. The maximum absolute atomic E-state index is 14.0. The van der Waals surface area contributed by atoms with E-state index in [-0.39, 0.29) is 5.54 Å². The fourth-order valence-corrected chi connectivity index (χ4v) is 3.88. The van der Waals surface area contributed by atoms with Crippen LogP contribution in [0.2, 0.25) is 0 Å². The second-order valence-electron chi connectivity index (χ2n) is 6.51. The Morgan fingerprint density at radius 3 is 2.76 bits per heavy atom. The molecule has 116 valence electrons. The maximum atomic E-state index is 14.0. The summed E-state index contributed by atoms with van der Waals surface area (Å²) in [5, 5.41) is 3.63. The minimum atomic E-state index is -0.741. The SMILES string of the molecule is CCC1CN(Cc2cccc(F)c2F)C2(CCCC2)CN1. The summed E-state index contributed by atoms with van der Waals surface area (Å²) < 4.78 is 27.4. The number of rotatable bonds is 3. The number of nitrogens with zero attached hydrogens (tertiary/aromatic N) is 1. The van der Waals surface area contributed by atoms with Gasteiger partial charge >= 0.3 is 0 Å². The van der Waals surface area contributed by atoms with Gasteiger partial charge in [0, 0.05) is 36.8 Å². The molecule has 1 saturated carbocycles. The summed E-state index contributed by atoms with van der Waals surface area (Å²) in [5.74, 6) is -1.42. The molecule has 1 saturated heterocycles. The molecule has 1 N–H and O–H groups in total. The summed E-state index contributed by atoms with van der Waals surface area (Å²) >= 11 is 0. The molecule has 21 heavy (non-hydrogen) atoms. The first-order valence-electron chi connectivity index (χ1n) is 8.06. The van der Waals surface area contributed by atoms with E-state index in [1.54, 1.807) is 12.1 Å². The van der Waals surface area contributed by atoms with Crippen molar-refractivity contribution in [3.63, 3.8) is 0 Å². The molecule has 2 fully saturated rings. The zero-order valence-corrected chi connectivity index (χ0v) is 12.7. The first-order chi connectivity index (χ1) is 10.1. The number of nitrogens with one attached hydrogen (secondary N) is 1. The van der Waals surface area contributed by atoms with Crippen molar-refractivity contribution in [3.8, 4) is 0 Å². The van der Waals surface area contributed by atoms with Crippen LogP contribution in [0.25, 0.3) is 0 Å². The molecular formula is C17H24F2N2. The lowest BCUT2D eigenvalue weighted by atomic mass is 9.89. The predicted molar refractivity (Wildman–Crippen MR) is 80.0 cm³/mol. The molecule has 4 heteroatoms. The molecule has 0 amide bonds. The smallest absolute Gasteiger partial charge is 0.163 e. The van der Waals surface area contributed by atoms with Crippen molar-refractivity contribution in [2.24, 2.45) is 0 Å². The first kappa shape index (κ1) is 14.9.